The standard InChI is InChI=1S/C23H25N5O5/c1-5-27-21(23(30)26(3)4)18(13-24-27)25-22(29)17-8-6-7-16(12-17)14-33-20-10-9-15(2)11-19(20)28(31)32/h6-13H,5,14H2,1-4H3,(H,25,29). The van der Waals surface area contributed by atoms with Crippen molar-refractivity contribution in [2.75, 3.05) is 19.4 Å². The lowest BCUT2D eigenvalue weighted by Crippen LogP contribution is -2.26. The fourth-order valence-electron chi connectivity index (χ4n) is 3.20. The van der Waals surface area contributed by atoms with E-state index < -0.39 is 10.8 Å². The Morgan fingerprint density at radius 1 is 1.21 bits per heavy atom. The van der Waals surface area contributed by atoms with Crippen molar-refractivity contribution in [2.45, 2.75) is 27.0 Å². The van der Waals surface area contributed by atoms with E-state index in [1.807, 2.05) is 6.92 Å². The molecule has 0 aliphatic heterocycles. The molecule has 0 fully saturated rings. The number of carbonyl (C=O) groups excluding carboxylic acids is 2. The summed E-state index contributed by atoms with van der Waals surface area (Å²) in [5, 5.41) is 18.2. The van der Waals surface area contributed by atoms with E-state index in [-0.39, 0.29) is 24.0 Å². The van der Waals surface area contributed by atoms with Gasteiger partial charge in [-0.1, -0.05) is 18.2 Å². The third kappa shape index (κ3) is 5.35. The van der Waals surface area contributed by atoms with Crippen LogP contribution in [-0.4, -0.2) is 45.5 Å². The molecule has 0 unspecified atom stereocenters. The molecule has 1 N–H and O–H groups in total. The van der Waals surface area contributed by atoms with E-state index in [2.05, 4.69) is 10.4 Å². The third-order valence-corrected chi connectivity index (χ3v) is 4.89. The van der Waals surface area contributed by atoms with Gasteiger partial charge >= 0.3 is 5.69 Å². The molecular weight excluding hydrogens is 426 g/mol. The Hall–Kier alpha value is -4.21. The number of nitro groups is 1. The summed E-state index contributed by atoms with van der Waals surface area (Å²) < 4.78 is 7.17. The number of carbonyl (C=O) groups is 2. The number of nitro benzene ring substituents is 1. The van der Waals surface area contributed by atoms with Gasteiger partial charge in [0.15, 0.2) is 5.75 Å². The van der Waals surface area contributed by atoms with Crippen LogP contribution in [0.2, 0.25) is 0 Å². The van der Waals surface area contributed by atoms with Gasteiger partial charge in [0.1, 0.15) is 12.3 Å². The van der Waals surface area contributed by atoms with Gasteiger partial charge in [-0.05, 0) is 43.2 Å². The van der Waals surface area contributed by atoms with Crippen LogP contribution in [0.3, 0.4) is 0 Å². The predicted octanol–water partition coefficient (Wildman–Crippen LogP) is 3.65. The fourth-order valence-corrected chi connectivity index (χ4v) is 3.20. The summed E-state index contributed by atoms with van der Waals surface area (Å²) in [4.78, 5) is 37.6. The molecule has 0 spiro atoms. The predicted molar refractivity (Wildman–Crippen MR) is 122 cm³/mol. The molecule has 0 saturated heterocycles. The molecular formula is C23H25N5O5. The second-order valence-corrected chi connectivity index (χ2v) is 7.59. The summed E-state index contributed by atoms with van der Waals surface area (Å²) in [6, 6.07) is 11.4. The Bertz CT molecular complexity index is 1200. The molecule has 0 radical (unpaired) electrons. The summed E-state index contributed by atoms with van der Waals surface area (Å²) in [5.41, 5.74) is 2.26. The number of ether oxygens (including phenoxy) is 1. The summed E-state index contributed by atoms with van der Waals surface area (Å²) >= 11 is 0. The SMILES string of the molecule is CCn1ncc(NC(=O)c2cccc(COc3ccc(C)cc3[N+](=O)[O-])c2)c1C(=O)N(C)C. The van der Waals surface area contributed by atoms with E-state index in [1.54, 1.807) is 57.4 Å². The van der Waals surface area contributed by atoms with E-state index in [1.165, 1.54) is 21.8 Å². The van der Waals surface area contributed by atoms with Crippen LogP contribution in [0.1, 0.15) is 38.9 Å². The molecule has 0 aliphatic carbocycles. The maximum absolute atomic E-state index is 12.9. The van der Waals surface area contributed by atoms with Gasteiger partial charge < -0.3 is 15.0 Å². The quantitative estimate of drug-likeness (QED) is 0.412. The molecule has 0 atom stereocenters. The summed E-state index contributed by atoms with van der Waals surface area (Å²) in [7, 11) is 3.26. The molecule has 1 heterocycles. The monoisotopic (exact) mass is 451 g/mol. The van der Waals surface area contributed by atoms with Crippen molar-refractivity contribution >= 4 is 23.2 Å². The molecule has 33 heavy (non-hydrogen) atoms. The van der Waals surface area contributed by atoms with Gasteiger partial charge in [-0.2, -0.15) is 5.10 Å². The molecule has 0 aliphatic rings. The van der Waals surface area contributed by atoms with E-state index in [0.29, 0.717) is 29.1 Å². The third-order valence-electron chi connectivity index (χ3n) is 4.89. The highest BCUT2D eigenvalue weighted by atomic mass is 16.6. The second kappa shape index (κ2) is 9.94. The minimum Gasteiger partial charge on any atom is -0.482 e. The van der Waals surface area contributed by atoms with Gasteiger partial charge in [0.05, 0.1) is 16.8 Å². The molecule has 3 rings (SSSR count). The van der Waals surface area contributed by atoms with E-state index in [9.17, 15) is 19.7 Å². The number of aryl methyl sites for hydroxylation is 2. The van der Waals surface area contributed by atoms with Gasteiger partial charge in [-0.15, -0.1) is 0 Å². The maximum Gasteiger partial charge on any atom is 0.311 e. The molecule has 2 aromatic carbocycles. The first-order valence-corrected chi connectivity index (χ1v) is 10.3. The largest absolute Gasteiger partial charge is 0.482 e. The molecule has 2 amide bonds. The first-order valence-electron chi connectivity index (χ1n) is 10.3. The van der Waals surface area contributed by atoms with Gasteiger partial charge in [0.25, 0.3) is 11.8 Å². The lowest BCUT2D eigenvalue weighted by molar-refractivity contribution is -0.386. The number of aromatic nitrogens is 2. The average Bonchev–Trinajstić information content (AvgIpc) is 3.19. The van der Waals surface area contributed by atoms with Crippen molar-refractivity contribution < 1.29 is 19.2 Å². The average molecular weight is 451 g/mol. The summed E-state index contributed by atoms with van der Waals surface area (Å²) in [6.45, 7) is 4.14. The zero-order valence-electron chi connectivity index (χ0n) is 18.9. The smallest absolute Gasteiger partial charge is 0.311 e. The Morgan fingerprint density at radius 3 is 2.64 bits per heavy atom. The fraction of sp³-hybridized carbons (Fsp3) is 0.261. The Morgan fingerprint density at radius 2 is 1.97 bits per heavy atom. The number of hydrogen-bond donors (Lipinski definition) is 1. The molecule has 172 valence electrons. The highest BCUT2D eigenvalue weighted by molar-refractivity contribution is 6.08. The number of nitrogens with one attached hydrogen (secondary N) is 1. The lowest BCUT2D eigenvalue weighted by Gasteiger charge is -2.14. The normalized spacial score (nSPS) is 10.5. The topological polar surface area (TPSA) is 120 Å². The van der Waals surface area contributed by atoms with E-state index in [4.69, 9.17) is 4.74 Å². The first-order chi connectivity index (χ1) is 15.7. The number of rotatable bonds is 8. The second-order valence-electron chi connectivity index (χ2n) is 7.59. The minimum atomic E-state index is -0.491. The van der Waals surface area contributed by atoms with Crippen LogP contribution >= 0.6 is 0 Å². The van der Waals surface area contributed by atoms with E-state index in [0.717, 1.165) is 5.56 Å². The summed E-state index contributed by atoms with van der Waals surface area (Å²) in [5.74, 6) is -0.535. The van der Waals surface area contributed by atoms with Crippen molar-refractivity contribution in [3.63, 3.8) is 0 Å². The van der Waals surface area contributed by atoms with Gasteiger partial charge in [-0.3, -0.25) is 24.4 Å². The minimum absolute atomic E-state index is 0.0448. The van der Waals surface area contributed by atoms with Crippen molar-refractivity contribution in [1.29, 1.82) is 0 Å². The molecule has 10 nitrogen and oxygen atoms in total. The van der Waals surface area contributed by atoms with Crippen LogP contribution in [-0.2, 0) is 13.2 Å². The van der Waals surface area contributed by atoms with Crippen molar-refractivity contribution in [3.05, 3.63) is 81.2 Å². The van der Waals surface area contributed by atoms with Gasteiger partial charge in [0.2, 0.25) is 0 Å². The Kier molecular flexibility index (Phi) is 7.07. The maximum atomic E-state index is 12.9. The zero-order valence-corrected chi connectivity index (χ0v) is 18.9. The van der Waals surface area contributed by atoms with Crippen LogP contribution < -0.4 is 10.1 Å². The van der Waals surface area contributed by atoms with Crippen LogP contribution in [0, 0.1) is 17.0 Å². The number of anilines is 1. The Labute approximate surface area is 190 Å². The van der Waals surface area contributed by atoms with Crippen molar-refractivity contribution in [1.82, 2.24) is 14.7 Å². The van der Waals surface area contributed by atoms with Gasteiger partial charge in [-0.25, -0.2) is 0 Å². The van der Waals surface area contributed by atoms with Crippen LogP contribution in [0.4, 0.5) is 11.4 Å². The zero-order chi connectivity index (χ0) is 24.1. The molecule has 10 heteroatoms. The number of nitrogens with zero attached hydrogens (tertiary/aromatic N) is 4. The number of amides is 2. The summed E-state index contributed by atoms with van der Waals surface area (Å²) in [6.07, 6.45) is 1.45. The van der Waals surface area contributed by atoms with Crippen molar-refractivity contribution in [2.24, 2.45) is 0 Å². The van der Waals surface area contributed by atoms with Crippen molar-refractivity contribution in [3.8, 4) is 5.75 Å². The molecule has 0 bridgehead atoms. The molecule has 1 aromatic heterocycles. The molecule has 3 aromatic rings. The van der Waals surface area contributed by atoms with Gasteiger partial charge in [0, 0.05) is 32.3 Å². The van der Waals surface area contributed by atoms with Crippen LogP contribution in [0.25, 0.3) is 0 Å². The Balaban J connectivity index is 1.77. The van der Waals surface area contributed by atoms with E-state index >= 15 is 0 Å². The van der Waals surface area contributed by atoms with Crippen LogP contribution in [0.15, 0.2) is 48.7 Å². The number of hydrogen-bond acceptors (Lipinski definition) is 6. The molecule has 0 saturated carbocycles. The highest BCUT2D eigenvalue weighted by Crippen LogP contribution is 2.28. The number of benzene rings is 2. The lowest BCUT2D eigenvalue weighted by atomic mass is 10.1. The van der Waals surface area contributed by atoms with Crippen LogP contribution in [0.5, 0.6) is 5.75 Å². The highest BCUT2D eigenvalue weighted by Gasteiger charge is 2.22. The first kappa shape index (κ1) is 23.5.